The van der Waals surface area contributed by atoms with Gasteiger partial charge in [-0.05, 0) is 36.3 Å². The molecule has 0 saturated heterocycles. The van der Waals surface area contributed by atoms with E-state index in [1.165, 1.54) is 0 Å². The minimum absolute atomic E-state index is 0.0310. The number of para-hydroxylation sites is 1. The van der Waals surface area contributed by atoms with Gasteiger partial charge in [-0.15, -0.1) is 0 Å². The van der Waals surface area contributed by atoms with Crippen LogP contribution in [0.15, 0.2) is 24.3 Å². The van der Waals surface area contributed by atoms with E-state index in [-0.39, 0.29) is 22.4 Å². The molecule has 0 amide bonds. The molecule has 2 bridgehead atoms. The quantitative estimate of drug-likeness (QED) is 0.743. The number of aromatic carboxylic acids is 1. The van der Waals surface area contributed by atoms with Crippen molar-refractivity contribution < 1.29 is 9.90 Å². The van der Waals surface area contributed by atoms with Gasteiger partial charge in [0.05, 0.1) is 15.9 Å². The Labute approximate surface area is 149 Å². The fourth-order valence-electron chi connectivity index (χ4n) is 4.97. The third kappa shape index (κ3) is 1.66. The monoisotopic (exact) mass is 353 g/mol. The molecule has 1 aromatic carbocycles. The lowest BCUT2D eigenvalue weighted by Gasteiger charge is -2.35. The normalized spacial score (nSPS) is 26.3. The second kappa shape index (κ2) is 4.49. The maximum Gasteiger partial charge on any atom is 0.356 e. The van der Waals surface area contributed by atoms with Gasteiger partial charge in [0.25, 0.3) is 0 Å². The summed E-state index contributed by atoms with van der Waals surface area (Å²) in [6.45, 7) is 6.79. The summed E-state index contributed by atoms with van der Waals surface area (Å²) in [4.78, 5) is 16.6. The van der Waals surface area contributed by atoms with E-state index in [0.717, 1.165) is 39.4 Å². The van der Waals surface area contributed by atoms with Gasteiger partial charge in [0.1, 0.15) is 0 Å². The van der Waals surface area contributed by atoms with Crippen LogP contribution in [0.2, 0.25) is 0 Å². The lowest BCUT2D eigenvalue weighted by Crippen LogP contribution is -2.33. The maximum atomic E-state index is 11.9. The van der Waals surface area contributed by atoms with E-state index >= 15 is 0 Å². The molecule has 6 heteroatoms. The van der Waals surface area contributed by atoms with Crippen LogP contribution < -0.4 is 0 Å². The van der Waals surface area contributed by atoms with Crippen LogP contribution in [0, 0.1) is 5.41 Å². The summed E-state index contributed by atoms with van der Waals surface area (Å²) < 4.78 is 2.91. The Morgan fingerprint density at radius 2 is 2.08 bits per heavy atom. The van der Waals surface area contributed by atoms with E-state index in [1.807, 2.05) is 28.9 Å². The van der Waals surface area contributed by atoms with Crippen molar-refractivity contribution in [3.05, 3.63) is 41.2 Å². The fourth-order valence-corrected chi connectivity index (χ4v) is 5.89. The van der Waals surface area contributed by atoms with Crippen LogP contribution in [-0.2, 0) is 5.41 Å². The summed E-state index contributed by atoms with van der Waals surface area (Å²) in [6, 6.07) is 7.98. The lowest BCUT2D eigenvalue weighted by molar-refractivity contribution is 0.0687. The third-order valence-corrected chi connectivity index (χ3v) is 7.70. The van der Waals surface area contributed by atoms with Crippen molar-refractivity contribution in [3.63, 3.8) is 0 Å². The molecule has 2 atom stereocenters. The molecule has 25 heavy (non-hydrogen) atoms. The molecule has 0 spiro atoms. The van der Waals surface area contributed by atoms with Gasteiger partial charge in [-0.1, -0.05) is 44.2 Å². The molecule has 3 aromatic rings. The highest BCUT2D eigenvalue weighted by Gasteiger charge is 2.63. The topological polar surface area (TPSA) is 68.0 Å². The van der Waals surface area contributed by atoms with Crippen LogP contribution in [-0.4, -0.2) is 25.8 Å². The van der Waals surface area contributed by atoms with Crippen molar-refractivity contribution in [2.75, 3.05) is 0 Å². The first-order valence-corrected chi connectivity index (χ1v) is 9.39. The second-order valence-corrected chi connectivity index (χ2v) is 8.95. The van der Waals surface area contributed by atoms with Crippen LogP contribution >= 0.6 is 11.3 Å². The van der Waals surface area contributed by atoms with Crippen LogP contribution in [0.1, 0.15) is 61.3 Å². The maximum absolute atomic E-state index is 11.9. The number of nitrogens with zero attached hydrogens (tertiary/aromatic N) is 3. The molecule has 2 aliphatic rings. The third-order valence-electron chi connectivity index (χ3n) is 6.69. The number of fused-ring (bicyclic) bond motifs is 6. The molecule has 2 aliphatic carbocycles. The molecule has 128 valence electrons. The van der Waals surface area contributed by atoms with Crippen LogP contribution in [0.4, 0.5) is 0 Å². The van der Waals surface area contributed by atoms with E-state index < -0.39 is 5.97 Å². The number of hydrogen-bond acceptors (Lipinski definition) is 4. The Morgan fingerprint density at radius 1 is 1.32 bits per heavy atom. The predicted octanol–water partition coefficient (Wildman–Crippen LogP) is 4.36. The summed E-state index contributed by atoms with van der Waals surface area (Å²) in [5.41, 5.74) is 3.08. The number of carboxylic acids is 1. The average molecular weight is 353 g/mol. The molecular weight excluding hydrogens is 334 g/mol. The highest BCUT2D eigenvalue weighted by molar-refractivity contribution is 7.20. The van der Waals surface area contributed by atoms with Gasteiger partial charge in [0.2, 0.25) is 5.13 Å². The van der Waals surface area contributed by atoms with Gasteiger partial charge in [0, 0.05) is 11.0 Å². The highest BCUT2D eigenvalue weighted by atomic mass is 32.1. The first-order valence-electron chi connectivity index (χ1n) is 8.57. The van der Waals surface area contributed by atoms with Gasteiger partial charge in [0.15, 0.2) is 5.69 Å². The Bertz CT molecular complexity index is 1020. The first-order chi connectivity index (χ1) is 11.8. The standard InChI is InChI=1S/C19H19N3O2S/c1-18(2)10-8-9-19(18,3)15-13(10)14(16(23)24)21-22(15)17-20-11-6-4-5-7-12(11)25-17/h4-7,10H,8-9H2,1-3H3,(H,23,24). The molecule has 0 aliphatic heterocycles. The minimum Gasteiger partial charge on any atom is -0.476 e. The minimum atomic E-state index is -0.942. The Morgan fingerprint density at radius 3 is 2.80 bits per heavy atom. The van der Waals surface area contributed by atoms with Crippen molar-refractivity contribution in [2.24, 2.45) is 5.41 Å². The highest BCUT2D eigenvalue weighted by Crippen LogP contribution is 2.68. The van der Waals surface area contributed by atoms with E-state index in [0.29, 0.717) is 0 Å². The molecule has 2 aromatic heterocycles. The van der Waals surface area contributed by atoms with Crippen LogP contribution in [0.5, 0.6) is 0 Å². The number of benzene rings is 1. The molecular formula is C19H19N3O2S. The fraction of sp³-hybridized carbons (Fsp3) is 0.421. The molecule has 2 heterocycles. The lowest BCUT2D eigenvalue weighted by atomic mass is 9.70. The second-order valence-electron chi connectivity index (χ2n) is 7.94. The van der Waals surface area contributed by atoms with E-state index in [9.17, 15) is 9.90 Å². The zero-order valence-corrected chi connectivity index (χ0v) is 15.2. The van der Waals surface area contributed by atoms with Crippen molar-refractivity contribution >= 4 is 27.5 Å². The predicted molar refractivity (Wildman–Crippen MR) is 96.8 cm³/mol. The number of rotatable bonds is 2. The van der Waals surface area contributed by atoms with Crippen molar-refractivity contribution in [1.82, 2.24) is 14.8 Å². The van der Waals surface area contributed by atoms with Crippen molar-refractivity contribution in [1.29, 1.82) is 0 Å². The number of carboxylic acid groups (broad SMARTS) is 1. The molecule has 2 unspecified atom stereocenters. The van der Waals surface area contributed by atoms with Crippen molar-refractivity contribution in [2.45, 2.75) is 44.9 Å². The summed E-state index contributed by atoms with van der Waals surface area (Å²) >= 11 is 1.56. The Kier molecular flexibility index (Phi) is 2.71. The van der Waals surface area contributed by atoms with E-state index in [2.05, 4.69) is 25.9 Å². The van der Waals surface area contributed by atoms with Crippen molar-refractivity contribution in [3.8, 4) is 5.13 Å². The molecule has 1 fully saturated rings. The van der Waals surface area contributed by atoms with Gasteiger partial charge in [-0.25, -0.2) is 14.5 Å². The SMILES string of the molecule is CC12CCC(c3c(C(=O)O)nn(-c4nc5ccccc5s4)c31)C2(C)C. The smallest absolute Gasteiger partial charge is 0.356 e. The van der Waals surface area contributed by atoms with Crippen LogP contribution in [0.3, 0.4) is 0 Å². The number of hydrogen-bond donors (Lipinski definition) is 1. The van der Waals surface area contributed by atoms with E-state index in [4.69, 9.17) is 4.98 Å². The summed E-state index contributed by atoms with van der Waals surface area (Å²) in [7, 11) is 0. The van der Waals surface area contributed by atoms with Gasteiger partial charge >= 0.3 is 5.97 Å². The first kappa shape index (κ1) is 15.1. The summed E-state index contributed by atoms with van der Waals surface area (Å²) in [5.74, 6) is -0.690. The largest absolute Gasteiger partial charge is 0.476 e. The number of carbonyl (C=O) groups is 1. The van der Waals surface area contributed by atoms with Gasteiger partial charge < -0.3 is 5.11 Å². The summed E-state index contributed by atoms with van der Waals surface area (Å²) in [6.07, 6.45) is 2.09. The van der Waals surface area contributed by atoms with E-state index in [1.54, 1.807) is 11.3 Å². The zero-order valence-electron chi connectivity index (χ0n) is 14.4. The van der Waals surface area contributed by atoms with Gasteiger partial charge in [-0.2, -0.15) is 5.10 Å². The molecule has 5 nitrogen and oxygen atoms in total. The molecule has 0 radical (unpaired) electrons. The average Bonchev–Trinajstić information content (AvgIpc) is 3.24. The molecule has 1 saturated carbocycles. The number of aromatic nitrogens is 3. The Hall–Kier alpha value is -2.21. The zero-order chi connectivity index (χ0) is 17.6. The number of thiazole rings is 1. The van der Waals surface area contributed by atoms with Gasteiger partial charge in [-0.3, -0.25) is 0 Å². The Balaban J connectivity index is 1.82. The molecule has 5 rings (SSSR count). The summed E-state index contributed by atoms with van der Waals surface area (Å²) in [5, 5.41) is 15.0. The molecule has 1 N–H and O–H groups in total. The van der Waals surface area contributed by atoms with Crippen LogP contribution in [0.25, 0.3) is 15.3 Å².